The van der Waals surface area contributed by atoms with Gasteiger partial charge in [-0.3, -0.25) is 0 Å². The molecule has 0 bridgehead atoms. The van der Waals surface area contributed by atoms with Crippen LogP contribution >= 0.6 is 0 Å². The second-order valence-electron chi connectivity index (χ2n) is 6.30. The molecule has 0 saturated heterocycles. The molecule has 1 aliphatic rings. The molecule has 4 nitrogen and oxygen atoms in total. The zero-order chi connectivity index (χ0) is 13.3. The third-order valence-electron chi connectivity index (χ3n) is 4.22. The van der Waals surface area contributed by atoms with Crippen molar-refractivity contribution < 1.29 is 9.63 Å². The van der Waals surface area contributed by atoms with Gasteiger partial charge >= 0.3 is 0 Å². The Morgan fingerprint density at radius 2 is 2.11 bits per heavy atom. The van der Waals surface area contributed by atoms with Crippen LogP contribution in [0.2, 0.25) is 0 Å². The van der Waals surface area contributed by atoms with E-state index in [0.29, 0.717) is 24.1 Å². The molecule has 0 aromatic carbocycles. The first-order valence-corrected chi connectivity index (χ1v) is 6.94. The molecule has 1 aromatic heterocycles. The van der Waals surface area contributed by atoms with Crippen LogP contribution in [0.5, 0.6) is 0 Å². The lowest BCUT2D eigenvalue weighted by molar-refractivity contribution is -0.0329. The maximum atomic E-state index is 10.6. The maximum Gasteiger partial charge on any atom is 0.229 e. The van der Waals surface area contributed by atoms with Crippen molar-refractivity contribution in [1.29, 1.82) is 0 Å². The van der Waals surface area contributed by atoms with Crippen molar-refractivity contribution in [2.45, 2.75) is 64.9 Å². The highest BCUT2D eigenvalue weighted by Crippen LogP contribution is 2.37. The average molecular weight is 252 g/mol. The SMILES string of the molecule is CC(C)c1noc(CC2(O)CCC(C)C(C)C2)n1. The van der Waals surface area contributed by atoms with Gasteiger partial charge in [0.15, 0.2) is 5.82 Å². The Bertz CT molecular complexity index is 402. The summed E-state index contributed by atoms with van der Waals surface area (Å²) in [5.41, 5.74) is -0.660. The lowest BCUT2D eigenvalue weighted by atomic mass is 9.72. The molecule has 0 aliphatic heterocycles. The van der Waals surface area contributed by atoms with Crippen molar-refractivity contribution in [3.05, 3.63) is 11.7 Å². The highest BCUT2D eigenvalue weighted by atomic mass is 16.5. The van der Waals surface area contributed by atoms with Crippen LogP contribution in [0.25, 0.3) is 0 Å². The van der Waals surface area contributed by atoms with Gasteiger partial charge in [0, 0.05) is 5.92 Å². The fourth-order valence-electron chi connectivity index (χ4n) is 2.70. The Morgan fingerprint density at radius 1 is 1.39 bits per heavy atom. The average Bonchev–Trinajstić information content (AvgIpc) is 2.72. The number of aromatic nitrogens is 2. The monoisotopic (exact) mass is 252 g/mol. The Labute approximate surface area is 109 Å². The van der Waals surface area contributed by atoms with E-state index in [9.17, 15) is 5.11 Å². The topological polar surface area (TPSA) is 59.2 Å². The van der Waals surface area contributed by atoms with E-state index >= 15 is 0 Å². The van der Waals surface area contributed by atoms with Gasteiger partial charge in [-0.2, -0.15) is 4.98 Å². The minimum Gasteiger partial charge on any atom is -0.389 e. The van der Waals surface area contributed by atoms with E-state index in [2.05, 4.69) is 24.0 Å². The Kier molecular flexibility index (Phi) is 3.76. The van der Waals surface area contributed by atoms with E-state index in [-0.39, 0.29) is 5.92 Å². The highest BCUT2D eigenvalue weighted by molar-refractivity contribution is 4.98. The van der Waals surface area contributed by atoms with Crippen LogP contribution in [0.4, 0.5) is 0 Å². The van der Waals surface area contributed by atoms with Gasteiger partial charge in [-0.25, -0.2) is 0 Å². The molecule has 18 heavy (non-hydrogen) atoms. The first-order valence-electron chi connectivity index (χ1n) is 6.94. The van der Waals surface area contributed by atoms with Crippen LogP contribution in [-0.2, 0) is 6.42 Å². The van der Waals surface area contributed by atoms with E-state index in [4.69, 9.17) is 4.52 Å². The summed E-state index contributed by atoms with van der Waals surface area (Å²) in [5.74, 6) is 2.81. The first-order chi connectivity index (χ1) is 8.39. The Morgan fingerprint density at radius 3 is 2.67 bits per heavy atom. The normalized spacial score (nSPS) is 33.0. The Balaban J connectivity index is 2.03. The van der Waals surface area contributed by atoms with Gasteiger partial charge in [0.05, 0.1) is 12.0 Å². The highest BCUT2D eigenvalue weighted by Gasteiger charge is 2.37. The molecule has 1 fully saturated rings. The van der Waals surface area contributed by atoms with Crippen molar-refractivity contribution >= 4 is 0 Å². The second kappa shape index (κ2) is 5.00. The van der Waals surface area contributed by atoms with Crippen LogP contribution in [0, 0.1) is 11.8 Å². The van der Waals surface area contributed by atoms with Gasteiger partial charge in [-0.1, -0.05) is 32.9 Å². The summed E-state index contributed by atoms with van der Waals surface area (Å²) in [7, 11) is 0. The zero-order valence-electron chi connectivity index (χ0n) is 11.8. The molecule has 3 atom stereocenters. The molecule has 3 unspecified atom stereocenters. The summed E-state index contributed by atoms with van der Waals surface area (Å²) in [6.07, 6.45) is 3.22. The van der Waals surface area contributed by atoms with Gasteiger partial charge < -0.3 is 9.63 Å². The molecule has 0 radical (unpaired) electrons. The van der Waals surface area contributed by atoms with Gasteiger partial charge in [0.2, 0.25) is 5.89 Å². The molecule has 2 rings (SSSR count). The summed E-state index contributed by atoms with van der Waals surface area (Å²) in [6.45, 7) is 8.54. The minimum atomic E-state index is -0.660. The van der Waals surface area contributed by atoms with Crippen LogP contribution in [0.15, 0.2) is 4.52 Å². The molecule has 4 heteroatoms. The van der Waals surface area contributed by atoms with Crippen molar-refractivity contribution in [2.75, 3.05) is 0 Å². The van der Waals surface area contributed by atoms with E-state index in [1.165, 1.54) is 0 Å². The predicted octanol–water partition coefficient (Wildman–Crippen LogP) is 2.92. The summed E-state index contributed by atoms with van der Waals surface area (Å²) in [5, 5.41) is 14.6. The van der Waals surface area contributed by atoms with E-state index in [1.807, 2.05) is 13.8 Å². The lowest BCUT2D eigenvalue weighted by Crippen LogP contribution is -2.39. The van der Waals surface area contributed by atoms with E-state index < -0.39 is 5.60 Å². The number of rotatable bonds is 3. The molecule has 1 saturated carbocycles. The molecule has 0 spiro atoms. The number of hydrogen-bond acceptors (Lipinski definition) is 4. The first kappa shape index (κ1) is 13.5. The molecule has 102 valence electrons. The van der Waals surface area contributed by atoms with Gasteiger partial charge in [-0.15, -0.1) is 0 Å². The fraction of sp³-hybridized carbons (Fsp3) is 0.857. The molecule has 1 aliphatic carbocycles. The van der Waals surface area contributed by atoms with Gasteiger partial charge in [0.1, 0.15) is 0 Å². The van der Waals surface area contributed by atoms with Gasteiger partial charge in [0.25, 0.3) is 0 Å². The van der Waals surface area contributed by atoms with Gasteiger partial charge in [-0.05, 0) is 31.1 Å². The summed E-state index contributed by atoms with van der Waals surface area (Å²) in [6, 6.07) is 0. The van der Waals surface area contributed by atoms with Crippen LogP contribution in [0.3, 0.4) is 0 Å². The summed E-state index contributed by atoms with van der Waals surface area (Å²) < 4.78 is 5.23. The maximum absolute atomic E-state index is 10.6. The summed E-state index contributed by atoms with van der Waals surface area (Å²) in [4.78, 5) is 4.36. The third-order valence-corrected chi connectivity index (χ3v) is 4.22. The van der Waals surface area contributed by atoms with Crippen molar-refractivity contribution in [3.8, 4) is 0 Å². The molecule has 0 amide bonds. The quantitative estimate of drug-likeness (QED) is 0.898. The van der Waals surface area contributed by atoms with Crippen molar-refractivity contribution in [2.24, 2.45) is 11.8 Å². The smallest absolute Gasteiger partial charge is 0.229 e. The fourth-order valence-corrected chi connectivity index (χ4v) is 2.70. The lowest BCUT2D eigenvalue weighted by Gasteiger charge is -2.38. The number of nitrogens with zero attached hydrogens (tertiary/aromatic N) is 2. The van der Waals surface area contributed by atoms with Crippen LogP contribution in [0.1, 0.15) is 64.6 Å². The number of hydrogen-bond donors (Lipinski definition) is 1. The third kappa shape index (κ3) is 2.91. The van der Waals surface area contributed by atoms with E-state index in [0.717, 1.165) is 25.1 Å². The largest absolute Gasteiger partial charge is 0.389 e. The minimum absolute atomic E-state index is 0.266. The van der Waals surface area contributed by atoms with Crippen molar-refractivity contribution in [3.63, 3.8) is 0 Å². The molecular weight excluding hydrogens is 228 g/mol. The van der Waals surface area contributed by atoms with Crippen molar-refractivity contribution in [1.82, 2.24) is 10.1 Å². The Hall–Kier alpha value is -0.900. The molecule has 1 aromatic rings. The van der Waals surface area contributed by atoms with Crippen LogP contribution < -0.4 is 0 Å². The van der Waals surface area contributed by atoms with E-state index in [1.54, 1.807) is 0 Å². The predicted molar refractivity (Wildman–Crippen MR) is 69.2 cm³/mol. The molecular formula is C14H24N2O2. The molecule has 1 heterocycles. The second-order valence-corrected chi connectivity index (χ2v) is 6.30. The standard InChI is InChI=1S/C14H24N2O2/c1-9(2)13-15-12(18-16-13)8-14(17)6-5-10(3)11(4)7-14/h9-11,17H,5-8H2,1-4H3. The summed E-state index contributed by atoms with van der Waals surface area (Å²) >= 11 is 0. The van der Waals surface area contributed by atoms with Crippen LogP contribution in [-0.4, -0.2) is 20.8 Å². The zero-order valence-corrected chi connectivity index (χ0v) is 11.8. The molecule has 1 N–H and O–H groups in total. The number of aliphatic hydroxyl groups is 1.